The number of anilines is 2. The minimum Gasteiger partial charge on any atom is -0.397 e. The average Bonchev–Trinajstić information content (AvgIpc) is 2.35. The molecule has 3 N–H and O–H groups in total. The van der Waals surface area contributed by atoms with Gasteiger partial charge in [0, 0.05) is 12.4 Å². The van der Waals surface area contributed by atoms with E-state index in [1.54, 1.807) is 6.07 Å². The molecule has 0 aromatic carbocycles. The Hall–Kier alpha value is -2.50. The van der Waals surface area contributed by atoms with Crippen LogP contribution >= 0.6 is 0 Å². The van der Waals surface area contributed by atoms with Gasteiger partial charge in [-0.3, -0.25) is 4.79 Å². The third-order valence-electron chi connectivity index (χ3n) is 2.22. The summed E-state index contributed by atoms with van der Waals surface area (Å²) in [6.45, 7) is 1.85. The molecule has 0 aliphatic rings. The Morgan fingerprint density at radius 1 is 1.29 bits per heavy atom. The van der Waals surface area contributed by atoms with Gasteiger partial charge in [-0.25, -0.2) is 15.0 Å². The number of nitrogens with two attached hydrogens (primary N) is 1. The van der Waals surface area contributed by atoms with Crippen LogP contribution in [-0.4, -0.2) is 20.9 Å². The molecule has 2 heterocycles. The summed E-state index contributed by atoms with van der Waals surface area (Å²) >= 11 is 0. The van der Waals surface area contributed by atoms with Gasteiger partial charge in [-0.2, -0.15) is 0 Å². The zero-order valence-electron chi connectivity index (χ0n) is 9.21. The molecule has 0 fully saturated rings. The fourth-order valence-corrected chi connectivity index (χ4v) is 1.24. The molecule has 2 aromatic heterocycles. The number of nitrogen functional groups attached to an aromatic ring is 1. The highest BCUT2D eigenvalue weighted by Crippen LogP contribution is 2.13. The Balaban J connectivity index is 2.16. The minimum atomic E-state index is -0.303. The lowest BCUT2D eigenvalue weighted by atomic mass is 10.2. The SMILES string of the molecule is Cc1cc(NC(=O)c2cncnc2)ncc1N. The standard InChI is InChI=1S/C11H11N5O/c1-7-2-10(15-5-9(7)12)16-11(17)8-3-13-6-14-4-8/h2-6H,12H2,1H3,(H,15,16,17). The van der Waals surface area contributed by atoms with Gasteiger partial charge in [-0.05, 0) is 18.6 Å². The molecule has 0 aliphatic heterocycles. The summed E-state index contributed by atoms with van der Waals surface area (Å²) in [5, 5.41) is 2.64. The van der Waals surface area contributed by atoms with E-state index in [-0.39, 0.29) is 5.91 Å². The molecule has 1 amide bonds. The van der Waals surface area contributed by atoms with Crippen LogP contribution < -0.4 is 11.1 Å². The molecule has 6 heteroatoms. The van der Waals surface area contributed by atoms with E-state index in [4.69, 9.17) is 5.73 Å². The first-order valence-electron chi connectivity index (χ1n) is 4.95. The first kappa shape index (κ1) is 11.0. The van der Waals surface area contributed by atoms with Gasteiger partial charge >= 0.3 is 0 Å². The molecule has 17 heavy (non-hydrogen) atoms. The van der Waals surface area contributed by atoms with Gasteiger partial charge in [-0.1, -0.05) is 0 Å². The van der Waals surface area contributed by atoms with E-state index in [0.717, 1.165) is 5.56 Å². The van der Waals surface area contributed by atoms with E-state index in [9.17, 15) is 4.79 Å². The van der Waals surface area contributed by atoms with Crippen molar-refractivity contribution in [2.24, 2.45) is 0 Å². The number of carbonyl (C=O) groups is 1. The van der Waals surface area contributed by atoms with E-state index in [2.05, 4.69) is 20.3 Å². The molecule has 6 nitrogen and oxygen atoms in total. The third-order valence-corrected chi connectivity index (χ3v) is 2.22. The molecule has 0 saturated carbocycles. The molecule has 2 aromatic rings. The van der Waals surface area contributed by atoms with Gasteiger partial charge < -0.3 is 11.1 Å². The zero-order chi connectivity index (χ0) is 12.3. The average molecular weight is 229 g/mol. The van der Waals surface area contributed by atoms with Gasteiger partial charge in [0.25, 0.3) is 5.91 Å². The van der Waals surface area contributed by atoms with Crippen LogP contribution in [0.25, 0.3) is 0 Å². The Morgan fingerprint density at radius 3 is 2.65 bits per heavy atom. The number of aryl methyl sites for hydroxylation is 1. The molecule has 2 rings (SSSR count). The summed E-state index contributed by atoms with van der Waals surface area (Å²) in [7, 11) is 0. The molecule has 0 unspecified atom stereocenters. The Bertz CT molecular complexity index is 541. The summed E-state index contributed by atoms with van der Waals surface area (Å²) in [6.07, 6.45) is 5.74. The third kappa shape index (κ3) is 2.54. The van der Waals surface area contributed by atoms with Crippen molar-refractivity contribution in [2.75, 3.05) is 11.1 Å². The number of pyridine rings is 1. The van der Waals surface area contributed by atoms with Crippen LogP contribution in [0, 0.1) is 6.92 Å². The van der Waals surface area contributed by atoms with Crippen molar-refractivity contribution < 1.29 is 4.79 Å². The number of amides is 1. The van der Waals surface area contributed by atoms with Crippen molar-refractivity contribution >= 4 is 17.4 Å². The second-order valence-electron chi connectivity index (χ2n) is 3.51. The van der Waals surface area contributed by atoms with Crippen LogP contribution in [0.15, 0.2) is 31.0 Å². The fraction of sp³-hybridized carbons (Fsp3) is 0.0909. The number of nitrogens with one attached hydrogen (secondary N) is 1. The fourth-order valence-electron chi connectivity index (χ4n) is 1.24. The van der Waals surface area contributed by atoms with Crippen molar-refractivity contribution in [3.05, 3.63) is 42.1 Å². The van der Waals surface area contributed by atoms with Crippen LogP contribution in [0.1, 0.15) is 15.9 Å². The van der Waals surface area contributed by atoms with Crippen LogP contribution in [0.2, 0.25) is 0 Å². The molecule has 0 atom stereocenters. The normalized spacial score (nSPS) is 9.94. The highest BCUT2D eigenvalue weighted by molar-refractivity contribution is 6.03. The van der Waals surface area contributed by atoms with Crippen molar-refractivity contribution in [2.45, 2.75) is 6.92 Å². The minimum absolute atomic E-state index is 0.303. The monoisotopic (exact) mass is 229 g/mol. The van der Waals surface area contributed by atoms with E-state index in [0.29, 0.717) is 17.1 Å². The molecule has 0 spiro atoms. The van der Waals surface area contributed by atoms with Crippen molar-refractivity contribution in [3.8, 4) is 0 Å². The second kappa shape index (κ2) is 4.56. The van der Waals surface area contributed by atoms with Crippen LogP contribution in [0.5, 0.6) is 0 Å². The van der Waals surface area contributed by atoms with E-state index in [1.165, 1.54) is 24.9 Å². The predicted molar refractivity (Wildman–Crippen MR) is 63.4 cm³/mol. The molecule has 0 bridgehead atoms. The first-order valence-corrected chi connectivity index (χ1v) is 4.95. The summed E-state index contributed by atoms with van der Waals surface area (Å²) in [6, 6.07) is 1.71. The van der Waals surface area contributed by atoms with Crippen molar-refractivity contribution in [3.63, 3.8) is 0 Å². The van der Waals surface area contributed by atoms with Crippen molar-refractivity contribution in [1.29, 1.82) is 0 Å². The number of hydrogen-bond donors (Lipinski definition) is 2. The van der Waals surface area contributed by atoms with Gasteiger partial charge in [0.05, 0.1) is 17.4 Å². The quantitative estimate of drug-likeness (QED) is 0.801. The molecule has 0 radical (unpaired) electrons. The molecule has 0 saturated heterocycles. The highest BCUT2D eigenvalue weighted by atomic mass is 16.1. The molecular weight excluding hydrogens is 218 g/mol. The largest absolute Gasteiger partial charge is 0.397 e. The summed E-state index contributed by atoms with van der Waals surface area (Å²) in [5.74, 6) is 0.146. The summed E-state index contributed by atoms with van der Waals surface area (Å²) in [5.41, 5.74) is 7.46. The Kier molecular flexibility index (Phi) is 2.95. The zero-order valence-corrected chi connectivity index (χ0v) is 9.21. The summed E-state index contributed by atoms with van der Waals surface area (Å²) in [4.78, 5) is 23.3. The van der Waals surface area contributed by atoms with Crippen LogP contribution in [0.4, 0.5) is 11.5 Å². The Labute approximate surface area is 97.9 Å². The van der Waals surface area contributed by atoms with E-state index >= 15 is 0 Å². The highest BCUT2D eigenvalue weighted by Gasteiger charge is 2.07. The second-order valence-corrected chi connectivity index (χ2v) is 3.51. The number of hydrogen-bond acceptors (Lipinski definition) is 5. The number of nitrogens with zero attached hydrogens (tertiary/aromatic N) is 3. The lowest BCUT2D eigenvalue weighted by molar-refractivity contribution is 0.102. The van der Waals surface area contributed by atoms with Gasteiger partial charge in [-0.15, -0.1) is 0 Å². The number of carbonyl (C=O) groups excluding carboxylic acids is 1. The molecule has 0 aliphatic carbocycles. The molecule has 86 valence electrons. The first-order chi connectivity index (χ1) is 8.16. The van der Waals surface area contributed by atoms with Crippen molar-refractivity contribution in [1.82, 2.24) is 15.0 Å². The smallest absolute Gasteiger partial charge is 0.259 e. The summed E-state index contributed by atoms with van der Waals surface area (Å²) < 4.78 is 0. The number of rotatable bonds is 2. The lowest BCUT2D eigenvalue weighted by Crippen LogP contribution is -2.13. The lowest BCUT2D eigenvalue weighted by Gasteiger charge is -2.05. The predicted octanol–water partition coefficient (Wildman–Crippen LogP) is 1.01. The topological polar surface area (TPSA) is 93.8 Å². The van der Waals surface area contributed by atoms with Gasteiger partial charge in [0.15, 0.2) is 0 Å². The maximum Gasteiger partial charge on any atom is 0.259 e. The molecular formula is C11H11N5O. The van der Waals surface area contributed by atoms with E-state index < -0.39 is 0 Å². The maximum absolute atomic E-state index is 11.7. The number of aromatic nitrogens is 3. The van der Waals surface area contributed by atoms with Gasteiger partial charge in [0.2, 0.25) is 0 Å². The maximum atomic E-state index is 11.7. The van der Waals surface area contributed by atoms with Crippen LogP contribution in [0.3, 0.4) is 0 Å². The Morgan fingerprint density at radius 2 is 2.00 bits per heavy atom. The van der Waals surface area contributed by atoms with Gasteiger partial charge in [0.1, 0.15) is 12.1 Å². The van der Waals surface area contributed by atoms with Crippen LogP contribution in [-0.2, 0) is 0 Å². The van der Waals surface area contributed by atoms with E-state index in [1.807, 2.05) is 6.92 Å².